The second kappa shape index (κ2) is 5.20. The molecule has 4 N–H and O–H groups in total. The van der Waals surface area contributed by atoms with Gasteiger partial charge in [-0.3, -0.25) is 4.79 Å². The molecule has 60 valence electrons. The SMILES string of the molecule is NC(=O)CC(CO)CCO. The van der Waals surface area contributed by atoms with Crippen LogP contribution in [0, 0.1) is 5.92 Å². The van der Waals surface area contributed by atoms with E-state index >= 15 is 0 Å². The minimum absolute atomic E-state index is 0.0154. The molecular weight excluding hydrogens is 134 g/mol. The number of hydrogen-bond donors (Lipinski definition) is 3. The third-order valence-corrected chi connectivity index (χ3v) is 1.29. The van der Waals surface area contributed by atoms with Crippen LogP contribution in [0.15, 0.2) is 0 Å². The zero-order valence-corrected chi connectivity index (χ0v) is 5.79. The van der Waals surface area contributed by atoms with Crippen molar-refractivity contribution in [3.8, 4) is 0 Å². The van der Waals surface area contributed by atoms with Crippen LogP contribution in [0.3, 0.4) is 0 Å². The molecule has 0 bridgehead atoms. The molecule has 0 fully saturated rings. The van der Waals surface area contributed by atoms with Gasteiger partial charge in [-0.1, -0.05) is 0 Å². The first-order valence-electron chi connectivity index (χ1n) is 3.20. The molecule has 0 aromatic rings. The van der Waals surface area contributed by atoms with Crippen molar-refractivity contribution in [2.45, 2.75) is 12.8 Å². The minimum Gasteiger partial charge on any atom is -0.396 e. The van der Waals surface area contributed by atoms with Crippen molar-refractivity contribution in [3.63, 3.8) is 0 Å². The summed E-state index contributed by atoms with van der Waals surface area (Å²) in [5, 5.41) is 17.0. The maximum atomic E-state index is 10.3. The molecule has 4 nitrogen and oxygen atoms in total. The highest BCUT2D eigenvalue weighted by Gasteiger charge is 2.08. The predicted octanol–water partition coefficient (Wildman–Crippen LogP) is -1.15. The van der Waals surface area contributed by atoms with E-state index in [9.17, 15) is 4.79 Å². The number of hydrogen-bond acceptors (Lipinski definition) is 3. The van der Waals surface area contributed by atoms with Crippen molar-refractivity contribution in [2.24, 2.45) is 11.7 Å². The van der Waals surface area contributed by atoms with Crippen LogP contribution in [-0.2, 0) is 4.79 Å². The van der Waals surface area contributed by atoms with Crippen LogP contribution in [0.4, 0.5) is 0 Å². The van der Waals surface area contributed by atoms with Crippen molar-refractivity contribution < 1.29 is 15.0 Å². The first-order chi connectivity index (χ1) is 4.70. The molecule has 0 rings (SSSR count). The van der Waals surface area contributed by atoms with E-state index in [4.69, 9.17) is 15.9 Å². The summed E-state index contributed by atoms with van der Waals surface area (Å²) in [4.78, 5) is 10.3. The standard InChI is InChI=1S/C6H13NO3/c7-6(10)3-5(4-9)1-2-8/h5,8-9H,1-4H2,(H2,7,10). The highest BCUT2D eigenvalue weighted by Crippen LogP contribution is 2.05. The highest BCUT2D eigenvalue weighted by molar-refractivity contribution is 5.73. The molecule has 4 heteroatoms. The Morgan fingerprint density at radius 2 is 2.10 bits per heavy atom. The second-order valence-electron chi connectivity index (χ2n) is 2.23. The molecular formula is C6H13NO3. The van der Waals surface area contributed by atoms with E-state index in [-0.39, 0.29) is 25.6 Å². The Balaban J connectivity index is 3.49. The lowest BCUT2D eigenvalue weighted by atomic mass is 10.0. The lowest BCUT2D eigenvalue weighted by Crippen LogP contribution is -2.19. The summed E-state index contributed by atoms with van der Waals surface area (Å²) in [6.45, 7) is -0.109. The molecule has 1 unspecified atom stereocenters. The third-order valence-electron chi connectivity index (χ3n) is 1.29. The minimum atomic E-state index is -0.437. The summed E-state index contributed by atoms with van der Waals surface area (Å²) >= 11 is 0. The van der Waals surface area contributed by atoms with Crippen molar-refractivity contribution in [2.75, 3.05) is 13.2 Å². The van der Waals surface area contributed by atoms with Crippen molar-refractivity contribution in [1.29, 1.82) is 0 Å². The van der Waals surface area contributed by atoms with Crippen LogP contribution >= 0.6 is 0 Å². The topological polar surface area (TPSA) is 83.6 Å². The lowest BCUT2D eigenvalue weighted by Gasteiger charge is -2.08. The van der Waals surface area contributed by atoms with Gasteiger partial charge in [-0.2, -0.15) is 0 Å². The quantitative estimate of drug-likeness (QED) is 0.459. The van der Waals surface area contributed by atoms with Gasteiger partial charge in [0.25, 0.3) is 0 Å². The zero-order valence-electron chi connectivity index (χ0n) is 5.79. The molecule has 0 radical (unpaired) electrons. The normalized spacial score (nSPS) is 13.0. The molecule has 0 aliphatic carbocycles. The monoisotopic (exact) mass is 147 g/mol. The van der Waals surface area contributed by atoms with Gasteiger partial charge < -0.3 is 15.9 Å². The van der Waals surface area contributed by atoms with Crippen LogP contribution in [0.2, 0.25) is 0 Å². The second-order valence-corrected chi connectivity index (χ2v) is 2.23. The fraction of sp³-hybridized carbons (Fsp3) is 0.833. The van der Waals surface area contributed by atoms with Gasteiger partial charge in [-0.05, 0) is 12.3 Å². The number of rotatable bonds is 5. The summed E-state index contributed by atoms with van der Waals surface area (Å²) in [7, 11) is 0. The number of primary amides is 1. The molecule has 0 saturated heterocycles. The van der Waals surface area contributed by atoms with Gasteiger partial charge in [-0.25, -0.2) is 0 Å². The van der Waals surface area contributed by atoms with E-state index in [1.165, 1.54) is 0 Å². The molecule has 0 aromatic heterocycles. The Morgan fingerprint density at radius 3 is 2.40 bits per heavy atom. The predicted molar refractivity (Wildman–Crippen MR) is 36.1 cm³/mol. The van der Waals surface area contributed by atoms with Gasteiger partial charge in [-0.15, -0.1) is 0 Å². The fourth-order valence-electron chi connectivity index (χ4n) is 0.725. The van der Waals surface area contributed by atoms with E-state index < -0.39 is 5.91 Å². The molecule has 10 heavy (non-hydrogen) atoms. The maximum Gasteiger partial charge on any atom is 0.217 e. The Morgan fingerprint density at radius 1 is 1.50 bits per heavy atom. The summed E-state index contributed by atoms with van der Waals surface area (Å²) in [6.07, 6.45) is 0.580. The first kappa shape index (κ1) is 9.39. The fourth-order valence-corrected chi connectivity index (χ4v) is 0.725. The van der Waals surface area contributed by atoms with E-state index in [0.717, 1.165) is 0 Å². The van der Waals surface area contributed by atoms with E-state index in [1.54, 1.807) is 0 Å². The van der Waals surface area contributed by atoms with Crippen LogP contribution in [0.5, 0.6) is 0 Å². The van der Waals surface area contributed by atoms with Gasteiger partial charge in [0.2, 0.25) is 5.91 Å². The number of carbonyl (C=O) groups is 1. The third kappa shape index (κ3) is 4.29. The van der Waals surface area contributed by atoms with Gasteiger partial charge in [0, 0.05) is 19.6 Å². The Bertz CT molecular complexity index is 105. The Hall–Kier alpha value is -0.610. The summed E-state index contributed by atoms with van der Waals surface area (Å²) in [5.74, 6) is -0.616. The van der Waals surface area contributed by atoms with Gasteiger partial charge in [0.05, 0.1) is 0 Å². The summed E-state index contributed by atoms with van der Waals surface area (Å²) in [6, 6.07) is 0. The molecule has 0 aliphatic rings. The van der Waals surface area contributed by atoms with Crippen molar-refractivity contribution >= 4 is 5.91 Å². The van der Waals surface area contributed by atoms with Gasteiger partial charge in [0.1, 0.15) is 0 Å². The van der Waals surface area contributed by atoms with Crippen molar-refractivity contribution in [3.05, 3.63) is 0 Å². The van der Waals surface area contributed by atoms with Crippen LogP contribution < -0.4 is 5.73 Å². The van der Waals surface area contributed by atoms with Crippen LogP contribution in [0.25, 0.3) is 0 Å². The molecule has 0 aliphatic heterocycles. The summed E-state index contributed by atoms with van der Waals surface area (Å²) < 4.78 is 0. The smallest absolute Gasteiger partial charge is 0.217 e. The Labute approximate surface area is 59.7 Å². The van der Waals surface area contributed by atoms with Crippen LogP contribution in [0.1, 0.15) is 12.8 Å². The molecule has 1 atom stereocenters. The van der Waals surface area contributed by atoms with E-state index in [0.29, 0.717) is 6.42 Å². The van der Waals surface area contributed by atoms with Gasteiger partial charge >= 0.3 is 0 Å². The molecule has 0 saturated carbocycles. The zero-order chi connectivity index (χ0) is 7.98. The highest BCUT2D eigenvalue weighted by atomic mass is 16.3. The average Bonchev–Trinajstić information content (AvgIpc) is 1.86. The molecule has 0 aromatic carbocycles. The van der Waals surface area contributed by atoms with E-state index in [1.807, 2.05) is 0 Å². The lowest BCUT2D eigenvalue weighted by molar-refractivity contribution is -0.119. The largest absolute Gasteiger partial charge is 0.396 e. The van der Waals surface area contributed by atoms with Gasteiger partial charge in [0.15, 0.2) is 0 Å². The first-order valence-corrected chi connectivity index (χ1v) is 3.20. The number of aliphatic hydroxyl groups excluding tert-OH is 2. The number of nitrogens with two attached hydrogens (primary N) is 1. The molecule has 0 heterocycles. The average molecular weight is 147 g/mol. The number of carbonyl (C=O) groups excluding carboxylic acids is 1. The molecule has 1 amide bonds. The maximum absolute atomic E-state index is 10.3. The van der Waals surface area contributed by atoms with Crippen molar-refractivity contribution in [1.82, 2.24) is 0 Å². The van der Waals surface area contributed by atoms with E-state index in [2.05, 4.69) is 0 Å². The van der Waals surface area contributed by atoms with Crippen LogP contribution in [-0.4, -0.2) is 29.3 Å². The summed E-state index contributed by atoms with van der Waals surface area (Å²) in [5.41, 5.74) is 4.87. The Kier molecular flexibility index (Phi) is 4.88. The molecule has 0 spiro atoms. The number of aliphatic hydroxyl groups is 2. The number of amides is 1.